The molecule has 0 atom stereocenters. The number of aromatic nitrogens is 2. The van der Waals surface area contributed by atoms with E-state index in [0.717, 1.165) is 48.4 Å². The Morgan fingerprint density at radius 2 is 1.22 bits per heavy atom. The molecule has 1 aliphatic carbocycles. The van der Waals surface area contributed by atoms with Gasteiger partial charge in [0, 0.05) is 18.0 Å². The molecule has 0 saturated heterocycles. The third kappa shape index (κ3) is 11.0. The Hall–Kier alpha value is -1.90. The Morgan fingerprint density at radius 1 is 0.667 bits per heavy atom. The summed E-state index contributed by atoms with van der Waals surface area (Å²) in [5.41, 5.74) is 2.30. The van der Waals surface area contributed by atoms with Crippen LogP contribution in [0.1, 0.15) is 129 Å². The zero-order valence-corrected chi connectivity index (χ0v) is 23.4. The lowest BCUT2D eigenvalue weighted by Gasteiger charge is -2.28. The average molecular weight is 493 g/mol. The molecule has 3 rings (SSSR count). The van der Waals surface area contributed by atoms with Gasteiger partial charge in [0.2, 0.25) is 0 Å². The minimum Gasteiger partial charge on any atom is -0.494 e. The average Bonchev–Trinajstić information content (AvgIpc) is 2.92. The third-order valence-corrected chi connectivity index (χ3v) is 8.09. The predicted octanol–water partition coefficient (Wildman–Crippen LogP) is 9.98. The molecular formula is C33H52N2O. The van der Waals surface area contributed by atoms with Crippen molar-refractivity contribution in [3.63, 3.8) is 0 Å². The molecule has 0 amide bonds. The molecule has 3 nitrogen and oxygen atoms in total. The highest BCUT2D eigenvalue weighted by Gasteiger charge is 2.20. The van der Waals surface area contributed by atoms with Crippen LogP contribution in [0.4, 0.5) is 0 Å². The summed E-state index contributed by atoms with van der Waals surface area (Å²) in [7, 11) is 0. The van der Waals surface area contributed by atoms with Gasteiger partial charge in [-0.1, -0.05) is 104 Å². The zero-order chi connectivity index (χ0) is 25.3. The molecule has 36 heavy (non-hydrogen) atoms. The molecule has 1 aromatic heterocycles. The van der Waals surface area contributed by atoms with Crippen LogP contribution >= 0.6 is 0 Å². The molecule has 0 unspecified atom stereocenters. The van der Waals surface area contributed by atoms with Crippen LogP contribution in [0.25, 0.3) is 11.4 Å². The zero-order valence-electron chi connectivity index (χ0n) is 23.4. The Labute approximate surface area is 221 Å². The Morgan fingerprint density at radius 3 is 1.83 bits per heavy atom. The molecule has 0 aliphatic heterocycles. The molecule has 1 aliphatic rings. The monoisotopic (exact) mass is 492 g/mol. The van der Waals surface area contributed by atoms with Gasteiger partial charge in [0.1, 0.15) is 5.75 Å². The molecule has 1 saturated carbocycles. The lowest BCUT2D eigenvalue weighted by Crippen LogP contribution is -2.15. The standard InChI is InChI=1S/C33H52N2O/c1-3-5-7-9-11-14-28-17-19-29(20-18-28)16-13-25-36-32-23-21-31(22-24-32)33-34-26-30(27-35-33)15-12-10-8-6-4-2/h21-24,26-29H,3-20,25H2,1-2H3. The van der Waals surface area contributed by atoms with Crippen LogP contribution in [0, 0.1) is 11.8 Å². The highest BCUT2D eigenvalue weighted by atomic mass is 16.5. The van der Waals surface area contributed by atoms with Crippen molar-refractivity contribution in [1.82, 2.24) is 9.97 Å². The van der Waals surface area contributed by atoms with Gasteiger partial charge in [-0.25, -0.2) is 9.97 Å². The van der Waals surface area contributed by atoms with Gasteiger partial charge in [0.25, 0.3) is 0 Å². The largest absolute Gasteiger partial charge is 0.494 e. The SMILES string of the molecule is CCCCCCCc1cnc(-c2ccc(OCCCC3CCC(CCCCCCC)CC3)cc2)nc1. The van der Waals surface area contributed by atoms with E-state index in [0.29, 0.717) is 0 Å². The first kappa shape index (κ1) is 28.7. The molecule has 1 aromatic carbocycles. The first-order valence-corrected chi connectivity index (χ1v) is 15.3. The number of nitrogens with zero attached hydrogens (tertiary/aromatic N) is 2. The molecule has 0 radical (unpaired) electrons. The van der Waals surface area contributed by atoms with Crippen LogP contribution in [0.15, 0.2) is 36.7 Å². The van der Waals surface area contributed by atoms with Gasteiger partial charge in [-0.2, -0.15) is 0 Å². The molecular weight excluding hydrogens is 440 g/mol. The van der Waals surface area contributed by atoms with Crippen LogP contribution in [-0.4, -0.2) is 16.6 Å². The summed E-state index contributed by atoms with van der Waals surface area (Å²) in [5, 5.41) is 0. The Balaban J connectivity index is 1.27. The molecule has 0 spiro atoms. The first-order chi connectivity index (χ1) is 17.8. The second kappa shape index (κ2) is 17.5. The smallest absolute Gasteiger partial charge is 0.159 e. The van der Waals surface area contributed by atoms with E-state index in [-0.39, 0.29) is 0 Å². The van der Waals surface area contributed by atoms with Crippen molar-refractivity contribution in [1.29, 1.82) is 0 Å². The summed E-state index contributed by atoms with van der Waals surface area (Å²) >= 11 is 0. The van der Waals surface area contributed by atoms with Crippen LogP contribution in [0.5, 0.6) is 5.75 Å². The second-order valence-corrected chi connectivity index (χ2v) is 11.2. The van der Waals surface area contributed by atoms with E-state index in [1.165, 1.54) is 108 Å². The van der Waals surface area contributed by atoms with Crippen molar-refractivity contribution in [3.05, 3.63) is 42.2 Å². The number of hydrogen-bond acceptors (Lipinski definition) is 3. The van der Waals surface area contributed by atoms with Gasteiger partial charge in [-0.3, -0.25) is 0 Å². The summed E-state index contributed by atoms with van der Waals surface area (Å²) in [4.78, 5) is 9.20. The van der Waals surface area contributed by atoms with Crippen LogP contribution < -0.4 is 4.74 Å². The Kier molecular flexibility index (Phi) is 14.0. The summed E-state index contributed by atoms with van der Waals surface area (Å²) in [6.45, 7) is 5.38. The fourth-order valence-corrected chi connectivity index (χ4v) is 5.67. The van der Waals surface area contributed by atoms with E-state index in [4.69, 9.17) is 4.74 Å². The molecule has 0 bridgehead atoms. The van der Waals surface area contributed by atoms with Gasteiger partial charge in [-0.05, 0) is 67.3 Å². The van der Waals surface area contributed by atoms with Crippen LogP contribution in [0.2, 0.25) is 0 Å². The maximum absolute atomic E-state index is 6.04. The van der Waals surface area contributed by atoms with Crippen molar-refractivity contribution < 1.29 is 4.74 Å². The maximum Gasteiger partial charge on any atom is 0.159 e. The summed E-state index contributed by atoms with van der Waals surface area (Å²) in [6, 6.07) is 8.29. The van der Waals surface area contributed by atoms with Crippen molar-refractivity contribution in [2.24, 2.45) is 11.8 Å². The van der Waals surface area contributed by atoms with E-state index < -0.39 is 0 Å². The van der Waals surface area contributed by atoms with Crippen molar-refractivity contribution in [2.75, 3.05) is 6.61 Å². The topological polar surface area (TPSA) is 35.0 Å². The lowest BCUT2D eigenvalue weighted by atomic mass is 9.78. The van der Waals surface area contributed by atoms with Gasteiger partial charge in [0.05, 0.1) is 6.61 Å². The lowest BCUT2D eigenvalue weighted by molar-refractivity contribution is 0.228. The molecule has 2 aromatic rings. The Bertz CT molecular complexity index is 793. The number of aryl methyl sites for hydroxylation is 1. The van der Waals surface area contributed by atoms with Crippen molar-refractivity contribution in [2.45, 2.75) is 129 Å². The molecule has 3 heteroatoms. The van der Waals surface area contributed by atoms with Gasteiger partial charge >= 0.3 is 0 Å². The molecule has 200 valence electrons. The fourth-order valence-electron chi connectivity index (χ4n) is 5.67. The van der Waals surface area contributed by atoms with Crippen LogP contribution in [-0.2, 0) is 6.42 Å². The normalized spacial score (nSPS) is 17.8. The minimum atomic E-state index is 0.799. The second-order valence-electron chi connectivity index (χ2n) is 11.2. The highest BCUT2D eigenvalue weighted by molar-refractivity contribution is 5.55. The summed E-state index contributed by atoms with van der Waals surface area (Å²) in [6.07, 6.45) is 28.4. The number of unbranched alkanes of at least 4 members (excludes halogenated alkanes) is 8. The quantitative estimate of drug-likeness (QED) is 0.194. The van der Waals surface area contributed by atoms with Crippen LogP contribution in [0.3, 0.4) is 0 Å². The maximum atomic E-state index is 6.04. The highest BCUT2D eigenvalue weighted by Crippen LogP contribution is 2.34. The minimum absolute atomic E-state index is 0.799. The first-order valence-electron chi connectivity index (χ1n) is 15.3. The predicted molar refractivity (Wildman–Crippen MR) is 153 cm³/mol. The number of benzene rings is 1. The molecule has 0 N–H and O–H groups in total. The van der Waals surface area contributed by atoms with Crippen molar-refractivity contribution in [3.8, 4) is 17.1 Å². The van der Waals surface area contributed by atoms with Gasteiger partial charge < -0.3 is 4.74 Å². The van der Waals surface area contributed by atoms with Gasteiger partial charge in [0.15, 0.2) is 5.82 Å². The molecule has 1 fully saturated rings. The summed E-state index contributed by atoms with van der Waals surface area (Å²) < 4.78 is 6.04. The number of hydrogen-bond donors (Lipinski definition) is 0. The molecule has 1 heterocycles. The number of rotatable bonds is 18. The van der Waals surface area contributed by atoms with Crippen molar-refractivity contribution >= 4 is 0 Å². The third-order valence-electron chi connectivity index (χ3n) is 8.09. The van der Waals surface area contributed by atoms with E-state index in [9.17, 15) is 0 Å². The van der Waals surface area contributed by atoms with E-state index in [1.54, 1.807) is 0 Å². The summed E-state index contributed by atoms with van der Waals surface area (Å²) in [5.74, 6) is 3.68. The fraction of sp³-hybridized carbons (Fsp3) is 0.697. The van der Waals surface area contributed by atoms with Gasteiger partial charge in [-0.15, -0.1) is 0 Å². The van der Waals surface area contributed by atoms with E-state index in [2.05, 4.69) is 48.1 Å². The van der Waals surface area contributed by atoms with E-state index >= 15 is 0 Å². The van der Waals surface area contributed by atoms with E-state index in [1.807, 2.05) is 12.4 Å². The number of ether oxygens (including phenoxy) is 1.